The van der Waals surface area contributed by atoms with E-state index in [2.05, 4.69) is 0 Å². The molecule has 0 atom stereocenters. The monoisotopic (exact) mass is 328 g/mol. The number of rotatable bonds is 5. The zero-order valence-corrected chi connectivity index (χ0v) is 12.4. The van der Waals surface area contributed by atoms with Crippen LogP contribution in [-0.2, 0) is 9.05 Å². The van der Waals surface area contributed by atoms with Crippen LogP contribution in [-0.4, -0.2) is 15.0 Å². The first-order chi connectivity index (χ1) is 8.38. The molecule has 0 radical (unpaired) electrons. The van der Waals surface area contributed by atoms with E-state index in [-0.39, 0.29) is 14.9 Å². The summed E-state index contributed by atoms with van der Waals surface area (Å²) in [6.07, 6.45) is 3.48. The summed E-state index contributed by atoms with van der Waals surface area (Å²) in [5.74, 6) is 1.13. The van der Waals surface area contributed by atoms with E-state index in [0.29, 0.717) is 12.4 Å². The Labute approximate surface area is 120 Å². The second-order valence-electron chi connectivity index (χ2n) is 4.23. The minimum atomic E-state index is -3.90. The lowest BCUT2D eigenvalue weighted by molar-refractivity contribution is 0.302. The summed E-state index contributed by atoms with van der Waals surface area (Å²) in [6, 6.07) is 2.59. The van der Waals surface area contributed by atoms with Crippen molar-refractivity contribution in [3.05, 3.63) is 22.2 Å². The Kier molecular flexibility index (Phi) is 4.32. The van der Waals surface area contributed by atoms with Crippen molar-refractivity contribution in [1.82, 2.24) is 0 Å². The Morgan fingerprint density at radius 1 is 1.22 bits per heavy atom. The number of benzene rings is 1. The highest BCUT2D eigenvalue weighted by atomic mass is 35.7. The topological polar surface area (TPSA) is 43.4 Å². The first-order valence-electron chi connectivity index (χ1n) is 5.44. The third kappa shape index (κ3) is 3.67. The molecule has 18 heavy (non-hydrogen) atoms. The van der Waals surface area contributed by atoms with Crippen molar-refractivity contribution in [2.24, 2.45) is 5.92 Å². The normalized spacial score (nSPS) is 15.7. The fraction of sp³-hybridized carbons (Fsp3) is 0.455. The number of hydrogen-bond donors (Lipinski definition) is 0. The molecule has 1 aromatic rings. The fourth-order valence-corrected chi connectivity index (χ4v) is 3.34. The molecule has 1 aliphatic rings. The lowest BCUT2D eigenvalue weighted by Crippen LogP contribution is -2.00. The van der Waals surface area contributed by atoms with Crippen LogP contribution in [0.4, 0.5) is 0 Å². The van der Waals surface area contributed by atoms with Crippen LogP contribution in [0.5, 0.6) is 5.75 Å². The molecule has 7 heteroatoms. The summed E-state index contributed by atoms with van der Waals surface area (Å²) in [7, 11) is 1.33. The van der Waals surface area contributed by atoms with Crippen LogP contribution in [0.15, 0.2) is 17.0 Å². The van der Waals surface area contributed by atoms with Crippen molar-refractivity contribution in [1.29, 1.82) is 0 Å². The molecule has 0 heterocycles. The van der Waals surface area contributed by atoms with Crippen LogP contribution in [0.3, 0.4) is 0 Å². The fourth-order valence-electron chi connectivity index (χ4n) is 1.55. The molecule has 0 bridgehead atoms. The summed E-state index contributed by atoms with van der Waals surface area (Å²) in [5.41, 5.74) is 0. The van der Waals surface area contributed by atoms with Gasteiger partial charge in [-0.25, -0.2) is 8.42 Å². The maximum atomic E-state index is 11.2. The van der Waals surface area contributed by atoms with Gasteiger partial charge in [0, 0.05) is 16.7 Å². The van der Waals surface area contributed by atoms with Gasteiger partial charge < -0.3 is 4.74 Å². The summed E-state index contributed by atoms with van der Waals surface area (Å²) in [4.78, 5) is -0.203. The zero-order valence-electron chi connectivity index (χ0n) is 9.33. The molecule has 0 aromatic heterocycles. The third-order valence-corrected chi connectivity index (χ3v) is 4.81. The number of ether oxygens (including phenoxy) is 1. The maximum Gasteiger partial charge on any atom is 0.262 e. The molecule has 1 aromatic carbocycles. The van der Waals surface area contributed by atoms with Crippen LogP contribution in [0.25, 0.3) is 0 Å². The average molecular weight is 330 g/mol. The molecule has 0 spiro atoms. The molecule has 1 saturated carbocycles. The Morgan fingerprint density at radius 3 is 2.44 bits per heavy atom. The predicted molar refractivity (Wildman–Crippen MR) is 72.3 cm³/mol. The third-order valence-electron chi connectivity index (χ3n) is 2.73. The van der Waals surface area contributed by atoms with Gasteiger partial charge in [0.2, 0.25) is 0 Å². The molecule has 3 nitrogen and oxygen atoms in total. The van der Waals surface area contributed by atoms with Crippen molar-refractivity contribution in [3.8, 4) is 5.75 Å². The molecular formula is C11H11Cl3O3S. The summed E-state index contributed by atoms with van der Waals surface area (Å²) in [5, 5.41) is 0.199. The lowest BCUT2D eigenvalue weighted by Gasteiger charge is -2.09. The van der Waals surface area contributed by atoms with Crippen molar-refractivity contribution in [2.75, 3.05) is 6.61 Å². The van der Waals surface area contributed by atoms with Gasteiger partial charge in [0.1, 0.15) is 10.6 Å². The largest absolute Gasteiger partial charge is 0.492 e. The lowest BCUT2D eigenvalue weighted by atomic mass is 10.3. The highest BCUT2D eigenvalue weighted by Crippen LogP contribution is 2.36. The zero-order chi connectivity index (χ0) is 13.3. The molecular weight excluding hydrogens is 319 g/mol. The SMILES string of the molecule is O=S(=O)(Cl)c1cc(Cl)c(OCCC2CC2)cc1Cl. The van der Waals surface area contributed by atoms with Crippen LogP contribution < -0.4 is 4.74 Å². The highest BCUT2D eigenvalue weighted by molar-refractivity contribution is 8.13. The van der Waals surface area contributed by atoms with E-state index in [1.165, 1.54) is 25.0 Å². The predicted octanol–water partition coefficient (Wildman–Crippen LogP) is 4.10. The van der Waals surface area contributed by atoms with Gasteiger partial charge in [0.25, 0.3) is 9.05 Å². The van der Waals surface area contributed by atoms with E-state index in [1.807, 2.05) is 0 Å². The maximum absolute atomic E-state index is 11.2. The summed E-state index contributed by atoms with van der Waals surface area (Å²) >= 11 is 11.8. The molecule has 0 N–H and O–H groups in total. The van der Waals surface area contributed by atoms with Gasteiger partial charge in [-0.1, -0.05) is 36.0 Å². The van der Waals surface area contributed by atoms with Crippen LogP contribution >= 0.6 is 33.9 Å². The molecule has 0 saturated heterocycles. The van der Waals surface area contributed by atoms with Crippen molar-refractivity contribution >= 4 is 42.9 Å². The minimum Gasteiger partial charge on any atom is -0.492 e. The van der Waals surface area contributed by atoms with E-state index in [9.17, 15) is 8.42 Å². The molecule has 1 aliphatic carbocycles. The first kappa shape index (κ1) is 14.3. The summed E-state index contributed by atoms with van der Waals surface area (Å²) in [6.45, 7) is 0.549. The molecule has 0 amide bonds. The van der Waals surface area contributed by atoms with Crippen LogP contribution in [0.2, 0.25) is 10.0 Å². The van der Waals surface area contributed by atoms with E-state index in [4.69, 9.17) is 38.6 Å². The Bertz CT molecular complexity index is 553. The Morgan fingerprint density at radius 2 is 1.89 bits per heavy atom. The molecule has 2 rings (SSSR count). The van der Waals surface area contributed by atoms with Crippen LogP contribution in [0.1, 0.15) is 19.3 Å². The van der Waals surface area contributed by atoms with E-state index < -0.39 is 9.05 Å². The van der Waals surface area contributed by atoms with Gasteiger partial charge in [-0.05, 0) is 18.4 Å². The smallest absolute Gasteiger partial charge is 0.262 e. The first-order valence-corrected chi connectivity index (χ1v) is 8.51. The standard InChI is InChI=1S/C11H11Cl3O3S/c12-8-6-11(18(14,15)16)9(13)5-10(8)17-4-3-7-1-2-7/h5-7H,1-4H2. The second kappa shape index (κ2) is 5.45. The molecule has 100 valence electrons. The molecule has 1 fully saturated rings. The second-order valence-corrected chi connectivity index (χ2v) is 7.58. The van der Waals surface area contributed by atoms with Gasteiger partial charge >= 0.3 is 0 Å². The van der Waals surface area contributed by atoms with E-state index >= 15 is 0 Å². The van der Waals surface area contributed by atoms with E-state index in [1.54, 1.807) is 0 Å². The number of halogens is 3. The van der Waals surface area contributed by atoms with E-state index in [0.717, 1.165) is 12.3 Å². The van der Waals surface area contributed by atoms with Crippen molar-refractivity contribution in [2.45, 2.75) is 24.2 Å². The number of hydrogen-bond acceptors (Lipinski definition) is 3. The summed E-state index contributed by atoms with van der Waals surface area (Å²) < 4.78 is 27.9. The van der Waals surface area contributed by atoms with Gasteiger partial charge in [0.15, 0.2) is 0 Å². The average Bonchev–Trinajstić information content (AvgIpc) is 3.05. The van der Waals surface area contributed by atoms with Gasteiger partial charge in [-0.2, -0.15) is 0 Å². The van der Waals surface area contributed by atoms with Crippen molar-refractivity contribution in [3.63, 3.8) is 0 Å². The molecule has 0 aliphatic heterocycles. The Hall–Kier alpha value is -0.160. The van der Waals surface area contributed by atoms with Gasteiger partial charge in [-0.15, -0.1) is 0 Å². The van der Waals surface area contributed by atoms with Crippen LogP contribution in [0, 0.1) is 5.92 Å². The quantitative estimate of drug-likeness (QED) is 0.764. The van der Waals surface area contributed by atoms with Gasteiger partial charge in [-0.3, -0.25) is 0 Å². The Balaban J connectivity index is 2.14. The van der Waals surface area contributed by atoms with Gasteiger partial charge in [0.05, 0.1) is 16.7 Å². The van der Waals surface area contributed by atoms with Crippen molar-refractivity contribution < 1.29 is 13.2 Å². The highest BCUT2D eigenvalue weighted by Gasteiger charge is 2.22. The molecule has 0 unspecified atom stereocenters. The minimum absolute atomic E-state index is 0.0100.